The summed E-state index contributed by atoms with van der Waals surface area (Å²) in [5, 5.41) is 4.85. The van der Waals surface area contributed by atoms with Gasteiger partial charge >= 0.3 is 24.1 Å². The van der Waals surface area contributed by atoms with E-state index in [-0.39, 0.29) is 44.1 Å². The zero-order valence-corrected chi connectivity index (χ0v) is 16.2. The first-order valence-corrected chi connectivity index (χ1v) is 9.25. The molecule has 0 atom stereocenters. The molecule has 2 amide bonds. The highest BCUT2D eigenvalue weighted by Gasteiger charge is 2.36. The minimum atomic E-state index is -4.92. The van der Waals surface area contributed by atoms with E-state index in [0.29, 0.717) is 18.9 Å². The fourth-order valence-corrected chi connectivity index (χ4v) is 2.88. The van der Waals surface area contributed by atoms with Crippen LogP contribution in [-0.4, -0.2) is 67.7 Å². The van der Waals surface area contributed by atoms with Crippen molar-refractivity contribution in [3.63, 3.8) is 0 Å². The summed E-state index contributed by atoms with van der Waals surface area (Å²) in [6.45, 7) is 1.95. The highest BCUT2D eigenvalue weighted by atomic mass is 19.4. The number of hydrogen-bond donors (Lipinski definition) is 2. The summed E-state index contributed by atoms with van der Waals surface area (Å²) in [6.07, 6.45) is -2.75. The van der Waals surface area contributed by atoms with Gasteiger partial charge in [0.05, 0.1) is 30.3 Å². The van der Waals surface area contributed by atoms with Crippen molar-refractivity contribution >= 4 is 23.8 Å². The van der Waals surface area contributed by atoms with E-state index in [0.717, 1.165) is 6.20 Å². The molecule has 166 valence electrons. The Balaban J connectivity index is 1.87. The molecule has 1 fully saturated rings. The van der Waals surface area contributed by atoms with E-state index in [1.165, 1.54) is 4.90 Å². The van der Waals surface area contributed by atoms with E-state index in [1.807, 2.05) is 0 Å². The summed E-state index contributed by atoms with van der Waals surface area (Å²) in [6, 6.07) is -0.539. The number of halogens is 3. The Morgan fingerprint density at radius 1 is 1.20 bits per heavy atom. The van der Waals surface area contributed by atoms with Crippen molar-refractivity contribution < 1.29 is 41.8 Å². The molecule has 0 spiro atoms. The number of allylic oxidation sites excluding steroid dienone is 1. The van der Waals surface area contributed by atoms with Crippen molar-refractivity contribution in [2.24, 2.45) is 5.92 Å². The Labute approximate surface area is 170 Å². The first kappa shape index (κ1) is 23.2. The van der Waals surface area contributed by atoms with Crippen LogP contribution in [-0.2, 0) is 23.9 Å². The molecule has 0 bridgehead atoms. The molecule has 12 heteroatoms. The first-order valence-electron chi connectivity index (χ1n) is 9.25. The van der Waals surface area contributed by atoms with Crippen LogP contribution in [0.4, 0.5) is 18.0 Å². The third-order valence-electron chi connectivity index (χ3n) is 4.51. The number of esters is 2. The number of alkyl halides is 3. The predicted molar refractivity (Wildman–Crippen MR) is 95.7 cm³/mol. The van der Waals surface area contributed by atoms with E-state index < -0.39 is 35.8 Å². The lowest BCUT2D eigenvalue weighted by molar-refractivity contribution is -0.165. The molecule has 2 aliphatic rings. The summed E-state index contributed by atoms with van der Waals surface area (Å²) in [4.78, 5) is 48.1. The van der Waals surface area contributed by atoms with Crippen molar-refractivity contribution in [3.8, 4) is 0 Å². The van der Waals surface area contributed by atoms with Crippen molar-refractivity contribution in [2.45, 2.75) is 25.9 Å². The Hall–Kier alpha value is -3.05. The molecular weight excluding hydrogens is 411 g/mol. The van der Waals surface area contributed by atoms with E-state index >= 15 is 0 Å². The lowest BCUT2D eigenvalue weighted by Crippen LogP contribution is -2.45. The van der Waals surface area contributed by atoms with Crippen LogP contribution in [0, 0.1) is 5.92 Å². The largest absolute Gasteiger partial charge is 0.463 e. The summed E-state index contributed by atoms with van der Waals surface area (Å²) in [7, 11) is 0. The highest BCUT2D eigenvalue weighted by Crippen LogP contribution is 2.21. The van der Waals surface area contributed by atoms with Gasteiger partial charge in [0.2, 0.25) is 0 Å². The number of amides is 2. The van der Waals surface area contributed by atoms with E-state index in [4.69, 9.17) is 9.47 Å². The lowest BCUT2D eigenvalue weighted by atomic mass is 9.97. The molecular formula is C18H22F3N3O6. The van der Waals surface area contributed by atoms with Crippen LogP contribution in [0.1, 0.15) is 19.8 Å². The molecule has 2 rings (SSSR count). The highest BCUT2D eigenvalue weighted by molar-refractivity contribution is 5.94. The number of nitrogens with one attached hydrogen (secondary N) is 2. The van der Waals surface area contributed by atoms with Crippen LogP contribution < -0.4 is 10.6 Å². The number of hydrogen-bond acceptors (Lipinski definition) is 7. The van der Waals surface area contributed by atoms with Crippen LogP contribution >= 0.6 is 0 Å². The van der Waals surface area contributed by atoms with Gasteiger partial charge in [-0.2, -0.15) is 13.2 Å². The Morgan fingerprint density at radius 2 is 1.87 bits per heavy atom. The predicted octanol–water partition coefficient (Wildman–Crippen LogP) is 1.02. The lowest BCUT2D eigenvalue weighted by Gasteiger charge is -2.30. The van der Waals surface area contributed by atoms with Crippen molar-refractivity contribution in [1.82, 2.24) is 15.5 Å². The summed E-state index contributed by atoms with van der Waals surface area (Å²) in [5.74, 6) is -3.62. The van der Waals surface area contributed by atoms with Crippen LogP contribution in [0.5, 0.6) is 0 Å². The number of likely N-dealkylation sites (tertiary alicyclic amines) is 1. The minimum absolute atomic E-state index is 0.0566. The maximum atomic E-state index is 12.3. The molecule has 30 heavy (non-hydrogen) atoms. The zero-order valence-electron chi connectivity index (χ0n) is 16.2. The molecule has 0 aliphatic carbocycles. The van der Waals surface area contributed by atoms with Crippen LogP contribution in [0.15, 0.2) is 23.5 Å². The number of urea groups is 1. The second-order valence-corrected chi connectivity index (χ2v) is 6.58. The fourth-order valence-electron chi connectivity index (χ4n) is 2.88. The molecule has 2 heterocycles. The van der Waals surface area contributed by atoms with Gasteiger partial charge in [0.25, 0.3) is 5.78 Å². The molecule has 9 nitrogen and oxygen atoms in total. The normalized spacial score (nSPS) is 18.1. The van der Waals surface area contributed by atoms with Gasteiger partial charge in [0, 0.05) is 25.4 Å². The number of carbonyl (C=O) groups excluding carboxylic acids is 4. The number of piperidine rings is 1. The van der Waals surface area contributed by atoms with Crippen LogP contribution in [0.2, 0.25) is 0 Å². The zero-order chi connectivity index (χ0) is 22.3. The summed E-state index contributed by atoms with van der Waals surface area (Å²) in [5.41, 5.74) is 0.287. The molecule has 0 radical (unpaired) electrons. The quantitative estimate of drug-likeness (QED) is 0.455. The van der Waals surface area contributed by atoms with Crippen LogP contribution in [0.3, 0.4) is 0 Å². The van der Waals surface area contributed by atoms with Gasteiger partial charge in [0.1, 0.15) is 6.61 Å². The summed E-state index contributed by atoms with van der Waals surface area (Å²) < 4.78 is 46.8. The third-order valence-corrected chi connectivity index (χ3v) is 4.51. The number of ketones is 1. The molecule has 0 saturated carbocycles. The van der Waals surface area contributed by atoms with Crippen molar-refractivity contribution in [3.05, 3.63) is 23.5 Å². The maximum Gasteiger partial charge on any atom is 0.454 e. The van der Waals surface area contributed by atoms with Gasteiger partial charge < -0.3 is 25.0 Å². The fraction of sp³-hybridized carbons (Fsp3) is 0.556. The number of rotatable bonds is 7. The van der Waals surface area contributed by atoms with E-state index in [2.05, 4.69) is 10.6 Å². The molecule has 0 unspecified atom stereocenters. The standard InChI is InChI=1S/C18H22F3N3O6/c1-2-29-16(27)12-9-22-17(28)23-13(12)10-30-15(26)11-3-6-24(7-4-11)8-5-14(25)18(19,20)21/h5,8,11H,2-4,6-7,9-10H2,1H3,(H2,22,23,28). The SMILES string of the molecule is CCOC(=O)C1=C(COC(=O)C2CCN(C=CC(=O)C(F)(F)F)CC2)NC(=O)NC1. The topological polar surface area (TPSA) is 114 Å². The van der Waals surface area contributed by atoms with Crippen molar-refractivity contribution in [1.29, 1.82) is 0 Å². The van der Waals surface area contributed by atoms with Crippen molar-refractivity contribution in [2.75, 3.05) is 32.8 Å². The average molecular weight is 433 g/mol. The molecule has 0 aromatic rings. The van der Waals surface area contributed by atoms with Crippen LogP contribution in [0.25, 0.3) is 0 Å². The smallest absolute Gasteiger partial charge is 0.454 e. The minimum Gasteiger partial charge on any atom is -0.463 e. The third kappa shape index (κ3) is 6.49. The van der Waals surface area contributed by atoms with Gasteiger partial charge in [-0.1, -0.05) is 0 Å². The summed E-state index contributed by atoms with van der Waals surface area (Å²) >= 11 is 0. The maximum absolute atomic E-state index is 12.3. The van der Waals surface area contributed by atoms with Gasteiger partial charge in [-0.05, 0) is 19.8 Å². The molecule has 2 N–H and O–H groups in total. The molecule has 1 saturated heterocycles. The van der Waals surface area contributed by atoms with Gasteiger partial charge in [0.15, 0.2) is 0 Å². The Kier molecular flexibility index (Phi) is 7.84. The molecule has 2 aliphatic heterocycles. The second-order valence-electron chi connectivity index (χ2n) is 6.58. The molecule has 0 aromatic carbocycles. The number of nitrogens with zero attached hydrogens (tertiary/aromatic N) is 1. The first-order chi connectivity index (χ1) is 14.1. The van der Waals surface area contributed by atoms with Gasteiger partial charge in [-0.25, -0.2) is 9.59 Å². The second kappa shape index (κ2) is 10.1. The number of ether oxygens (including phenoxy) is 2. The van der Waals surface area contributed by atoms with E-state index in [9.17, 15) is 32.3 Å². The van der Waals surface area contributed by atoms with E-state index in [1.54, 1.807) is 6.92 Å². The monoisotopic (exact) mass is 433 g/mol. The average Bonchev–Trinajstić information content (AvgIpc) is 2.70. The Bertz CT molecular complexity index is 755. The molecule has 0 aromatic heterocycles. The number of carbonyl (C=O) groups is 4. The Morgan fingerprint density at radius 3 is 2.47 bits per heavy atom. The van der Waals surface area contributed by atoms with Gasteiger partial charge in [-0.3, -0.25) is 9.59 Å². The van der Waals surface area contributed by atoms with Gasteiger partial charge in [-0.15, -0.1) is 0 Å².